The minimum Gasteiger partial charge on any atom is -0.509 e. The number of carbonyl (C=O) groups is 3. The summed E-state index contributed by atoms with van der Waals surface area (Å²) in [7, 11) is 4.47. The second-order valence-electron chi connectivity index (χ2n) is 9.08. The number of aliphatic hydroxyl groups excluding tert-OH is 3. The summed E-state index contributed by atoms with van der Waals surface area (Å²) in [5, 5.41) is 47.0. The first-order valence-electron chi connectivity index (χ1n) is 10.5. The minimum absolute atomic E-state index is 0.0659. The number of aliphatic hydroxyl groups is 3. The normalized spacial score (nSPS) is 33.7. The monoisotopic (exact) mass is 457 g/mol. The highest BCUT2D eigenvalue weighted by atomic mass is 16.3. The fraction of sp³-hybridized carbons (Fsp3) is 0.435. The van der Waals surface area contributed by atoms with Crippen molar-refractivity contribution in [1.82, 2.24) is 10.2 Å². The third kappa shape index (κ3) is 2.68. The lowest BCUT2D eigenvalue weighted by Gasteiger charge is -2.55. The highest BCUT2D eigenvalue weighted by molar-refractivity contribution is 6.25. The number of phenolic OH excluding ortho intramolecular Hbond substituents is 1. The Morgan fingerprint density at radius 1 is 1.18 bits per heavy atom. The molecule has 0 unspecified atom stereocenters. The predicted molar refractivity (Wildman–Crippen MR) is 117 cm³/mol. The number of hydrogen-bond donors (Lipinski definition) is 6. The number of carbonyl (C=O) groups excluding carboxylic acids is 3. The van der Waals surface area contributed by atoms with E-state index in [4.69, 9.17) is 5.73 Å². The van der Waals surface area contributed by atoms with Crippen molar-refractivity contribution in [2.75, 3.05) is 21.1 Å². The second-order valence-corrected chi connectivity index (χ2v) is 9.08. The van der Waals surface area contributed by atoms with Crippen molar-refractivity contribution in [3.8, 4) is 5.75 Å². The quantitative estimate of drug-likeness (QED) is 0.334. The molecule has 1 amide bonds. The number of aromatic hydroxyl groups is 1. The summed E-state index contributed by atoms with van der Waals surface area (Å²) in [6.07, 6.45) is -1.40. The lowest BCUT2D eigenvalue weighted by Crippen LogP contribution is -2.74. The van der Waals surface area contributed by atoms with Crippen molar-refractivity contribution < 1.29 is 34.8 Å². The molecule has 3 aliphatic rings. The Morgan fingerprint density at radius 2 is 1.82 bits per heavy atom. The molecule has 1 aromatic rings. The first kappa shape index (κ1) is 23.0. The van der Waals surface area contributed by atoms with Gasteiger partial charge in [0.15, 0.2) is 11.6 Å². The molecular weight excluding hydrogens is 430 g/mol. The van der Waals surface area contributed by atoms with Crippen LogP contribution in [0.5, 0.6) is 5.75 Å². The zero-order valence-corrected chi connectivity index (χ0v) is 18.7. The van der Waals surface area contributed by atoms with Gasteiger partial charge in [0, 0.05) is 17.4 Å². The van der Waals surface area contributed by atoms with Gasteiger partial charge in [0.05, 0.1) is 17.7 Å². The van der Waals surface area contributed by atoms with E-state index in [1.165, 1.54) is 18.0 Å². The van der Waals surface area contributed by atoms with Crippen LogP contribution in [-0.2, 0) is 14.4 Å². The molecule has 0 aliphatic heterocycles. The summed E-state index contributed by atoms with van der Waals surface area (Å²) in [5.41, 5.74) is 2.97. The van der Waals surface area contributed by atoms with Crippen molar-refractivity contribution in [2.24, 2.45) is 17.6 Å². The Bertz CT molecular complexity index is 1150. The van der Waals surface area contributed by atoms with Crippen molar-refractivity contribution in [3.63, 3.8) is 0 Å². The van der Waals surface area contributed by atoms with Gasteiger partial charge in [-0.3, -0.25) is 19.3 Å². The summed E-state index contributed by atoms with van der Waals surface area (Å²) in [6.45, 7) is 1.75. The molecule has 0 aromatic heterocycles. The van der Waals surface area contributed by atoms with Gasteiger partial charge in [-0.15, -0.1) is 0 Å². The number of likely N-dealkylation sites (N-methyl/N-ethyl adjacent to an activating group) is 2. The number of ketones is 2. The smallest absolute Gasteiger partial charge is 0.255 e. The zero-order chi connectivity index (χ0) is 24.6. The second kappa shape index (κ2) is 7.41. The maximum absolute atomic E-state index is 14.1. The van der Waals surface area contributed by atoms with Crippen LogP contribution >= 0.6 is 0 Å². The van der Waals surface area contributed by atoms with Crippen LogP contribution in [0.25, 0.3) is 5.76 Å². The summed E-state index contributed by atoms with van der Waals surface area (Å²) < 4.78 is 0. The molecule has 3 aliphatic carbocycles. The first-order chi connectivity index (χ1) is 15.4. The number of fused-ring (bicyclic) bond motifs is 3. The van der Waals surface area contributed by atoms with Crippen LogP contribution in [0.15, 0.2) is 35.1 Å². The summed E-state index contributed by atoms with van der Waals surface area (Å²) in [4.78, 5) is 40.9. The summed E-state index contributed by atoms with van der Waals surface area (Å²) >= 11 is 0. The molecule has 6 atom stereocenters. The number of phenols is 1. The number of rotatable bonds is 3. The van der Waals surface area contributed by atoms with Crippen LogP contribution in [0, 0.1) is 11.8 Å². The molecule has 176 valence electrons. The fourth-order valence-corrected chi connectivity index (χ4v) is 6.01. The predicted octanol–water partition coefficient (Wildman–Crippen LogP) is -0.277. The van der Waals surface area contributed by atoms with Crippen molar-refractivity contribution in [1.29, 1.82) is 0 Å². The zero-order valence-electron chi connectivity index (χ0n) is 18.7. The van der Waals surface area contributed by atoms with E-state index in [0.717, 1.165) is 0 Å². The summed E-state index contributed by atoms with van der Waals surface area (Å²) in [6, 6.07) is 3.48. The number of Topliss-reactive ketones (excluding diaryl/α,β-unsaturated/α-hetero) is 2. The SMILES string of the molecule is CN[C@]12C(=O)C3=C(O)c4c(O)cccc4[C@H](C)[C@H]3[C@@H](O)[C@@H]1[C@H](N(C)C)C(=O)C(C(N)=O)=C2O. The standard InChI is InChI=1S/C23H27N3O7/c1-8-9-6-5-7-10(27)12(9)17(28)13-11(8)18(29)15-16(26(3)4)19(30)14(22(24)33)21(32)23(15,25-2)20(13)31/h5-8,11,15-16,18,25,27-29,32H,1-4H3,(H2,24,33)/t8-,11+,15-,16-,18+,23-/m0/s1. The topological polar surface area (TPSA) is 173 Å². The molecule has 1 fully saturated rings. The molecule has 0 bridgehead atoms. The summed E-state index contributed by atoms with van der Waals surface area (Å²) in [5.74, 6) is -7.12. The molecule has 1 aromatic carbocycles. The average Bonchev–Trinajstić information content (AvgIpc) is 2.73. The van der Waals surface area contributed by atoms with Crippen molar-refractivity contribution >= 4 is 23.2 Å². The van der Waals surface area contributed by atoms with Gasteiger partial charge in [-0.1, -0.05) is 19.1 Å². The van der Waals surface area contributed by atoms with Gasteiger partial charge >= 0.3 is 0 Å². The van der Waals surface area contributed by atoms with E-state index in [1.54, 1.807) is 33.2 Å². The molecule has 7 N–H and O–H groups in total. The minimum atomic E-state index is -2.10. The number of benzene rings is 1. The molecule has 10 nitrogen and oxygen atoms in total. The van der Waals surface area contributed by atoms with Crippen LogP contribution in [-0.4, -0.2) is 81.6 Å². The third-order valence-corrected chi connectivity index (χ3v) is 7.43. The van der Waals surface area contributed by atoms with Crippen LogP contribution in [0.2, 0.25) is 0 Å². The molecule has 1 saturated carbocycles. The highest BCUT2D eigenvalue weighted by Crippen LogP contribution is 2.55. The van der Waals surface area contributed by atoms with E-state index in [-0.39, 0.29) is 16.9 Å². The lowest BCUT2D eigenvalue weighted by atomic mass is 9.53. The fourth-order valence-electron chi connectivity index (χ4n) is 6.01. The highest BCUT2D eigenvalue weighted by Gasteiger charge is 2.68. The Morgan fingerprint density at radius 3 is 2.36 bits per heavy atom. The van der Waals surface area contributed by atoms with Crippen LogP contribution in [0.3, 0.4) is 0 Å². The molecule has 4 rings (SSSR count). The van der Waals surface area contributed by atoms with E-state index in [0.29, 0.717) is 5.56 Å². The maximum atomic E-state index is 14.1. The van der Waals surface area contributed by atoms with E-state index in [9.17, 15) is 34.8 Å². The molecular formula is C23H27N3O7. The molecule has 0 radical (unpaired) electrons. The van der Waals surface area contributed by atoms with Gasteiger partial charge in [-0.05, 0) is 38.7 Å². The van der Waals surface area contributed by atoms with Gasteiger partial charge in [-0.2, -0.15) is 0 Å². The van der Waals surface area contributed by atoms with Crippen LogP contribution < -0.4 is 11.1 Å². The average molecular weight is 457 g/mol. The number of primary amides is 1. The maximum Gasteiger partial charge on any atom is 0.255 e. The lowest BCUT2D eigenvalue weighted by molar-refractivity contribution is -0.145. The van der Waals surface area contributed by atoms with Crippen molar-refractivity contribution in [2.45, 2.75) is 30.5 Å². The van der Waals surface area contributed by atoms with E-state index < -0.39 is 70.0 Å². The Balaban J connectivity index is 2.10. The number of hydrogen-bond acceptors (Lipinski definition) is 9. The van der Waals surface area contributed by atoms with E-state index in [1.807, 2.05) is 0 Å². The molecule has 0 spiro atoms. The van der Waals surface area contributed by atoms with Crippen molar-refractivity contribution in [3.05, 3.63) is 46.2 Å². The number of nitrogens with zero attached hydrogens (tertiary/aromatic N) is 1. The van der Waals surface area contributed by atoms with Gasteiger partial charge < -0.3 is 31.5 Å². The van der Waals surface area contributed by atoms with Gasteiger partial charge in [0.25, 0.3) is 5.91 Å². The van der Waals surface area contributed by atoms with Gasteiger partial charge in [-0.25, -0.2) is 0 Å². The molecule has 33 heavy (non-hydrogen) atoms. The number of nitrogens with two attached hydrogens (primary N) is 1. The molecule has 0 heterocycles. The number of amides is 1. The largest absolute Gasteiger partial charge is 0.509 e. The third-order valence-electron chi connectivity index (χ3n) is 7.43. The Kier molecular flexibility index (Phi) is 5.15. The van der Waals surface area contributed by atoms with Gasteiger partial charge in [0.2, 0.25) is 0 Å². The van der Waals surface area contributed by atoms with Crippen LogP contribution in [0.4, 0.5) is 0 Å². The molecule has 10 heteroatoms. The van der Waals surface area contributed by atoms with Crippen LogP contribution in [0.1, 0.15) is 24.0 Å². The van der Waals surface area contributed by atoms with E-state index >= 15 is 0 Å². The van der Waals surface area contributed by atoms with E-state index in [2.05, 4.69) is 5.32 Å². The first-order valence-corrected chi connectivity index (χ1v) is 10.5. The molecule has 0 saturated heterocycles. The Hall–Kier alpha value is -3.21. The number of nitrogens with one attached hydrogen (secondary N) is 1. The Labute approximate surface area is 190 Å². The van der Waals surface area contributed by atoms with Gasteiger partial charge in [0.1, 0.15) is 28.4 Å².